The number of rotatable bonds is 4. The maximum Gasteiger partial charge on any atom is 0.323 e. The molecule has 0 aliphatic carbocycles. The fourth-order valence-electron chi connectivity index (χ4n) is 2.65. The molecule has 2 saturated heterocycles. The Bertz CT molecular complexity index is 255. The lowest BCUT2D eigenvalue weighted by Crippen LogP contribution is -2.64. The van der Waals surface area contributed by atoms with Gasteiger partial charge in [0.05, 0.1) is 6.61 Å². The van der Waals surface area contributed by atoms with Gasteiger partial charge >= 0.3 is 5.97 Å². The highest BCUT2D eigenvalue weighted by Crippen LogP contribution is 2.40. The van der Waals surface area contributed by atoms with Crippen LogP contribution in [0.3, 0.4) is 0 Å². The summed E-state index contributed by atoms with van der Waals surface area (Å²) in [6, 6.07) is -0.488. The Labute approximate surface area is 95.3 Å². The van der Waals surface area contributed by atoms with Gasteiger partial charge < -0.3 is 14.6 Å². The zero-order valence-electron chi connectivity index (χ0n) is 9.65. The summed E-state index contributed by atoms with van der Waals surface area (Å²) in [6.07, 6.45) is 2.12. The Morgan fingerprint density at radius 3 is 2.62 bits per heavy atom. The molecule has 5 nitrogen and oxygen atoms in total. The molecule has 5 heteroatoms. The van der Waals surface area contributed by atoms with E-state index in [4.69, 9.17) is 14.6 Å². The van der Waals surface area contributed by atoms with E-state index in [-0.39, 0.29) is 6.61 Å². The molecule has 2 rings (SSSR count). The average Bonchev–Trinajstić information content (AvgIpc) is 2.23. The lowest BCUT2D eigenvalue weighted by atomic mass is 9.73. The molecule has 0 saturated carbocycles. The van der Waals surface area contributed by atoms with Crippen LogP contribution in [0.5, 0.6) is 0 Å². The third-order valence-electron chi connectivity index (χ3n) is 3.68. The zero-order valence-corrected chi connectivity index (χ0v) is 9.65. The Morgan fingerprint density at radius 1 is 1.50 bits per heavy atom. The smallest absolute Gasteiger partial charge is 0.323 e. The van der Waals surface area contributed by atoms with Crippen molar-refractivity contribution in [2.75, 3.05) is 40.0 Å². The summed E-state index contributed by atoms with van der Waals surface area (Å²) >= 11 is 0. The van der Waals surface area contributed by atoms with E-state index in [1.807, 2.05) is 4.90 Å². The Morgan fingerprint density at radius 2 is 2.12 bits per heavy atom. The third-order valence-corrected chi connectivity index (χ3v) is 3.68. The summed E-state index contributed by atoms with van der Waals surface area (Å²) in [5.41, 5.74) is 0.319. The van der Waals surface area contributed by atoms with Gasteiger partial charge in [-0.25, -0.2) is 0 Å². The summed E-state index contributed by atoms with van der Waals surface area (Å²) in [5, 5.41) is 9.08. The molecule has 0 aromatic carbocycles. The van der Waals surface area contributed by atoms with Crippen molar-refractivity contribution >= 4 is 5.97 Å². The third kappa shape index (κ3) is 2.21. The van der Waals surface area contributed by atoms with E-state index in [1.165, 1.54) is 0 Å². The fraction of sp³-hybridized carbons (Fsp3) is 0.909. The minimum atomic E-state index is -0.788. The molecule has 2 heterocycles. The molecule has 1 spiro atoms. The molecular formula is C11H19NO4. The van der Waals surface area contributed by atoms with Gasteiger partial charge in [0.1, 0.15) is 6.04 Å². The summed E-state index contributed by atoms with van der Waals surface area (Å²) in [5.74, 6) is -0.788. The molecule has 2 fully saturated rings. The molecule has 0 radical (unpaired) electrons. The molecular weight excluding hydrogens is 210 g/mol. The van der Waals surface area contributed by atoms with E-state index in [1.54, 1.807) is 7.11 Å². The summed E-state index contributed by atoms with van der Waals surface area (Å²) < 4.78 is 10.3. The lowest BCUT2D eigenvalue weighted by Gasteiger charge is -2.53. The van der Waals surface area contributed by atoms with Crippen molar-refractivity contribution in [1.82, 2.24) is 4.90 Å². The zero-order chi connectivity index (χ0) is 11.6. The van der Waals surface area contributed by atoms with Crippen molar-refractivity contribution in [3.63, 3.8) is 0 Å². The first-order chi connectivity index (χ1) is 7.67. The molecule has 0 amide bonds. The van der Waals surface area contributed by atoms with Gasteiger partial charge in [-0.05, 0) is 12.8 Å². The number of hydrogen-bond acceptors (Lipinski definition) is 4. The Hall–Kier alpha value is -0.650. The standard InChI is InChI=1S/C11H19NO4/c1-15-6-9(10(13)14)12-7-11(8-12)2-4-16-5-3-11/h9H,2-8H2,1H3,(H,13,14). The molecule has 2 aliphatic rings. The molecule has 92 valence electrons. The maximum absolute atomic E-state index is 11.0. The first-order valence-corrected chi connectivity index (χ1v) is 5.70. The van der Waals surface area contributed by atoms with Crippen LogP contribution in [0.1, 0.15) is 12.8 Å². The Kier molecular flexibility index (Phi) is 3.47. The van der Waals surface area contributed by atoms with Crippen LogP contribution in [0.4, 0.5) is 0 Å². The van der Waals surface area contributed by atoms with Crippen LogP contribution < -0.4 is 0 Å². The molecule has 2 aliphatic heterocycles. The van der Waals surface area contributed by atoms with Gasteiger partial charge in [-0.2, -0.15) is 0 Å². The quantitative estimate of drug-likeness (QED) is 0.746. The normalized spacial score (nSPS) is 26.3. The second-order valence-electron chi connectivity index (χ2n) is 4.83. The van der Waals surface area contributed by atoms with E-state index in [0.717, 1.165) is 39.1 Å². The number of carboxylic acid groups (broad SMARTS) is 1. The molecule has 0 bridgehead atoms. The lowest BCUT2D eigenvalue weighted by molar-refractivity contribution is -0.157. The molecule has 16 heavy (non-hydrogen) atoms. The first-order valence-electron chi connectivity index (χ1n) is 5.70. The highest BCUT2D eigenvalue weighted by atomic mass is 16.5. The number of carboxylic acids is 1. The number of nitrogens with zero attached hydrogens (tertiary/aromatic N) is 1. The van der Waals surface area contributed by atoms with Gasteiger partial charge in [0.15, 0.2) is 0 Å². The van der Waals surface area contributed by atoms with Crippen molar-refractivity contribution in [3.05, 3.63) is 0 Å². The monoisotopic (exact) mass is 229 g/mol. The van der Waals surface area contributed by atoms with Gasteiger partial charge in [-0.1, -0.05) is 0 Å². The molecule has 1 N–H and O–H groups in total. The molecule has 1 atom stereocenters. The van der Waals surface area contributed by atoms with Gasteiger partial charge in [0, 0.05) is 38.8 Å². The van der Waals surface area contributed by atoms with Gasteiger partial charge in [-0.15, -0.1) is 0 Å². The molecule has 1 unspecified atom stereocenters. The Balaban J connectivity index is 1.87. The molecule has 0 aromatic rings. The van der Waals surface area contributed by atoms with Gasteiger partial charge in [0.25, 0.3) is 0 Å². The van der Waals surface area contributed by atoms with Crippen molar-refractivity contribution in [2.24, 2.45) is 5.41 Å². The number of methoxy groups -OCH3 is 1. The highest BCUT2D eigenvalue weighted by molar-refractivity contribution is 5.73. The topological polar surface area (TPSA) is 59.0 Å². The van der Waals surface area contributed by atoms with Crippen molar-refractivity contribution < 1.29 is 19.4 Å². The second kappa shape index (κ2) is 4.69. The van der Waals surface area contributed by atoms with Crippen LogP contribution in [0.2, 0.25) is 0 Å². The largest absolute Gasteiger partial charge is 0.480 e. The van der Waals surface area contributed by atoms with E-state index in [2.05, 4.69) is 0 Å². The fourth-order valence-corrected chi connectivity index (χ4v) is 2.65. The van der Waals surface area contributed by atoms with Crippen LogP contribution in [0.15, 0.2) is 0 Å². The number of hydrogen-bond donors (Lipinski definition) is 1. The van der Waals surface area contributed by atoms with Gasteiger partial charge in [0.2, 0.25) is 0 Å². The minimum absolute atomic E-state index is 0.266. The van der Waals surface area contributed by atoms with Crippen molar-refractivity contribution in [3.8, 4) is 0 Å². The maximum atomic E-state index is 11.0. The van der Waals surface area contributed by atoms with Crippen LogP contribution in [0, 0.1) is 5.41 Å². The van der Waals surface area contributed by atoms with E-state index < -0.39 is 12.0 Å². The number of likely N-dealkylation sites (tertiary alicyclic amines) is 1. The number of carbonyl (C=O) groups is 1. The second-order valence-corrected chi connectivity index (χ2v) is 4.83. The SMILES string of the molecule is COCC(C(=O)O)N1CC2(CCOCC2)C1. The predicted molar refractivity (Wildman–Crippen MR) is 57.4 cm³/mol. The van der Waals surface area contributed by atoms with Crippen LogP contribution in [-0.4, -0.2) is 62.0 Å². The summed E-state index contributed by atoms with van der Waals surface area (Å²) in [7, 11) is 1.54. The van der Waals surface area contributed by atoms with E-state index >= 15 is 0 Å². The first kappa shape index (κ1) is 11.8. The van der Waals surface area contributed by atoms with E-state index in [0.29, 0.717) is 5.41 Å². The number of aliphatic carboxylic acids is 1. The van der Waals surface area contributed by atoms with E-state index in [9.17, 15) is 4.79 Å². The highest BCUT2D eigenvalue weighted by Gasteiger charge is 2.47. The predicted octanol–water partition coefficient (Wildman–Crippen LogP) is 0.198. The van der Waals surface area contributed by atoms with Crippen molar-refractivity contribution in [1.29, 1.82) is 0 Å². The molecule has 0 aromatic heterocycles. The summed E-state index contributed by atoms with van der Waals surface area (Å²) in [4.78, 5) is 13.0. The van der Waals surface area contributed by atoms with Gasteiger partial charge in [-0.3, -0.25) is 9.69 Å². The van der Waals surface area contributed by atoms with Crippen LogP contribution in [-0.2, 0) is 14.3 Å². The number of ether oxygens (including phenoxy) is 2. The van der Waals surface area contributed by atoms with Crippen molar-refractivity contribution in [2.45, 2.75) is 18.9 Å². The average molecular weight is 229 g/mol. The minimum Gasteiger partial charge on any atom is -0.480 e. The van der Waals surface area contributed by atoms with Crippen LogP contribution >= 0.6 is 0 Å². The summed E-state index contributed by atoms with van der Waals surface area (Å²) in [6.45, 7) is 3.64. The van der Waals surface area contributed by atoms with Crippen LogP contribution in [0.25, 0.3) is 0 Å².